The molecule has 1 fully saturated rings. The SMILES string of the molecule is C/C=C\C(N)/C=C/C1CCC(C)(C)CC1. The molecule has 0 aliphatic heterocycles. The summed E-state index contributed by atoms with van der Waals surface area (Å²) in [5.41, 5.74) is 6.45. The van der Waals surface area contributed by atoms with Crippen LogP contribution in [0.4, 0.5) is 0 Å². The number of allylic oxidation sites excluding steroid dienone is 2. The van der Waals surface area contributed by atoms with Gasteiger partial charge in [0.2, 0.25) is 0 Å². The minimum Gasteiger partial charge on any atom is -0.321 e. The van der Waals surface area contributed by atoms with Crippen molar-refractivity contribution in [1.82, 2.24) is 0 Å². The lowest BCUT2D eigenvalue weighted by atomic mass is 9.73. The maximum atomic E-state index is 5.88. The summed E-state index contributed by atoms with van der Waals surface area (Å²) in [5.74, 6) is 0.759. The summed E-state index contributed by atoms with van der Waals surface area (Å²) in [7, 11) is 0. The first-order valence-electron chi connectivity index (χ1n) is 6.10. The van der Waals surface area contributed by atoms with Crippen molar-refractivity contribution in [2.75, 3.05) is 0 Å². The Morgan fingerprint density at radius 1 is 1.20 bits per heavy atom. The summed E-state index contributed by atoms with van der Waals surface area (Å²) in [4.78, 5) is 0. The molecule has 0 spiro atoms. The molecule has 2 N–H and O–H groups in total. The molecular formula is C14H25N. The Labute approximate surface area is 94.4 Å². The van der Waals surface area contributed by atoms with Crippen LogP contribution in [-0.4, -0.2) is 6.04 Å². The molecule has 1 unspecified atom stereocenters. The van der Waals surface area contributed by atoms with Crippen LogP contribution < -0.4 is 5.73 Å². The lowest BCUT2D eigenvalue weighted by Gasteiger charge is -2.33. The average Bonchev–Trinajstić information content (AvgIpc) is 2.17. The molecule has 0 aromatic heterocycles. The predicted octanol–water partition coefficient (Wildman–Crippen LogP) is 3.66. The third-order valence-electron chi connectivity index (χ3n) is 3.40. The van der Waals surface area contributed by atoms with Crippen LogP contribution in [0, 0.1) is 11.3 Å². The van der Waals surface area contributed by atoms with Crippen molar-refractivity contribution in [1.29, 1.82) is 0 Å². The summed E-state index contributed by atoms with van der Waals surface area (Å²) >= 11 is 0. The van der Waals surface area contributed by atoms with E-state index in [1.807, 2.05) is 19.1 Å². The standard InChI is InChI=1S/C14H25N/c1-4-5-13(15)7-6-12-8-10-14(2,3)11-9-12/h4-7,12-13H,8-11,15H2,1-3H3/b5-4-,7-6+. The highest BCUT2D eigenvalue weighted by atomic mass is 14.6. The molecule has 0 aromatic rings. The molecule has 1 rings (SSSR count). The van der Waals surface area contributed by atoms with Crippen LogP contribution in [0.1, 0.15) is 46.5 Å². The van der Waals surface area contributed by atoms with Gasteiger partial charge < -0.3 is 5.73 Å². The normalized spacial score (nSPS) is 25.1. The van der Waals surface area contributed by atoms with Gasteiger partial charge in [0.15, 0.2) is 0 Å². The second-order valence-electron chi connectivity index (χ2n) is 5.49. The minimum absolute atomic E-state index is 0.102. The van der Waals surface area contributed by atoms with Crippen LogP contribution in [0.5, 0.6) is 0 Å². The molecular weight excluding hydrogens is 182 g/mol. The molecule has 0 bridgehead atoms. The number of hydrogen-bond acceptors (Lipinski definition) is 1. The van der Waals surface area contributed by atoms with Gasteiger partial charge in [-0.25, -0.2) is 0 Å². The maximum Gasteiger partial charge on any atom is 0.0410 e. The van der Waals surface area contributed by atoms with Crippen LogP contribution >= 0.6 is 0 Å². The van der Waals surface area contributed by atoms with Crippen molar-refractivity contribution in [2.45, 2.75) is 52.5 Å². The molecule has 1 aliphatic rings. The molecule has 1 atom stereocenters. The average molecular weight is 207 g/mol. The van der Waals surface area contributed by atoms with E-state index in [4.69, 9.17) is 5.73 Å². The fraction of sp³-hybridized carbons (Fsp3) is 0.714. The van der Waals surface area contributed by atoms with Gasteiger partial charge in [0.1, 0.15) is 0 Å². The quantitative estimate of drug-likeness (QED) is 0.702. The largest absolute Gasteiger partial charge is 0.321 e. The molecule has 1 heteroatoms. The first-order valence-corrected chi connectivity index (χ1v) is 6.10. The molecule has 0 radical (unpaired) electrons. The first kappa shape index (κ1) is 12.5. The van der Waals surface area contributed by atoms with Crippen molar-refractivity contribution in [3.63, 3.8) is 0 Å². The molecule has 86 valence electrons. The third kappa shape index (κ3) is 4.65. The van der Waals surface area contributed by atoms with Gasteiger partial charge in [0, 0.05) is 6.04 Å². The van der Waals surface area contributed by atoms with E-state index in [2.05, 4.69) is 26.0 Å². The number of hydrogen-bond donors (Lipinski definition) is 1. The molecule has 1 saturated carbocycles. The van der Waals surface area contributed by atoms with Gasteiger partial charge >= 0.3 is 0 Å². The topological polar surface area (TPSA) is 26.0 Å². The Morgan fingerprint density at radius 2 is 1.80 bits per heavy atom. The molecule has 0 aromatic carbocycles. The molecule has 0 heterocycles. The second-order valence-corrected chi connectivity index (χ2v) is 5.49. The number of nitrogens with two attached hydrogens (primary N) is 1. The Bertz CT molecular complexity index is 228. The highest BCUT2D eigenvalue weighted by molar-refractivity contribution is 5.05. The van der Waals surface area contributed by atoms with Gasteiger partial charge in [0.05, 0.1) is 0 Å². The molecule has 15 heavy (non-hydrogen) atoms. The first-order chi connectivity index (χ1) is 7.03. The predicted molar refractivity (Wildman–Crippen MR) is 67.7 cm³/mol. The fourth-order valence-electron chi connectivity index (χ4n) is 2.19. The van der Waals surface area contributed by atoms with Crippen molar-refractivity contribution < 1.29 is 0 Å². The maximum absolute atomic E-state index is 5.88. The molecule has 0 amide bonds. The van der Waals surface area contributed by atoms with Crippen LogP contribution in [-0.2, 0) is 0 Å². The van der Waals surface area contributed by atoms with E-state index in [1.165, 1.54) is 25.7 Å². The molecule has 1 nitrogen and oxygen atoms in total. The second kappa shape index (κ2) is 5.50. The smallest absolute Gasteiger partial charge is 0.0410 e. The van der Waals surface area contributed by atoms with E-state index >= 15 is 0 Å². The van der Waals surface area contributed by atoms with Gasteiger partial charge in [0.25, 0.3) is 0 Å². The lowest BCUT2D eigenvalue weighted by Crippen LogP contribution is -2.21. The third-order valence-corrected chi connectivity index (χ3v) is 3.40. The minimum atomic E-state index is 0.102. The highest BCUT2D eigenvalue weighted by Crippen LogP contribution is 2.38. The Kier molecular flexibility index (Phi) is 4.59. The van der Waals surface area contributed by atoms with Crippen LogP contribution in [0.15, 0.2) is 24.3 Å². The van der Waals surface area contributed by atoms with Crippen molar-refractivity contribution in [2.24, 2.45) is 17.1 Å². The Hall–Kier alpha value is -0.560. The zero-order chi connectivity index (χ0) is 11.3. The zero-order valence-electron chi connectivity index (χ0n) is 10.4. The molecule has 1 aliphatic carbocycles. The van der Waals surface area contributed by atoms with E-state index in [0.717, 1.165) is 5.92 Å². The van der Waals surface area contributed by atoms with E-state index < -0.39 is 0 Å². The fourth-order valence-corrected chi connectivity index (χ4v) is 2.19. The van der Waals surface area contributed by atoms with Gasteiger partial charge in [-0.05, 0) is 43.9 Å². The summed E-state index contributed by atoms with van der Waals surface area (Å²) < 4.78 is 0. The van der Waals surface area contributed by atoms with Gasteiger partial charge in [-0.2, -0.15) is 0 Å². The van der Waals surface area contributed by atoms with E-state index in [-0.39, 0.29) is 6.04 Å². The van der Waals surface area contributed by atoms with E-state index in [1.54, 1.807) is 0 Å². The van der Waals surface area contributed by atoms with Crippen molar-refractivity contribution >= 4 is 0 Å². The van der Waals surface area contributed by atoms with E-state index in [9.17, 15) is 0 Å². The summed E-state index contributed by atoms with van der Waals surface area (Å²) in [6.45, 7) is 6.76. The van der Waals surface area contributed by atoms with Gasteiger partial charge in [-0.1, -0.05) is 38.2 Å². The van der Waals surface area contributed by atoms with Crippen LogP contribution in [0.3, 0.4) is 0 Å². The Balaban J connectivity index is 2.35. The van der Waals surface area contributed by atoms with Crippen molar-refractivity contribution in [3.05, 3.63) is 24.3 Å². The van der Waals surface area contributed by atoms with Crippen LogP contribution in [0.2, 0.25) is 0 Å². The van der Waals surface area contributed by atoms with Gasteiger partial charge in [-0.15, -0.1) is 0 Å². The highest BCUT2D eigenvalue weighted by Gasteiger charge is 2.25. The lowest BCUT2D eigenvalue weighted by molar-refractivity contribution is 0.213. The molecule has 0 saturated heterocycles. The van der Waals surface area contributed by atoms with Gasteiger partial charge in [-0.3, -0.25) is 0 Å². The van der Waals surface area contributed by atoms with Crippen molar-refractivity contribution in [3.8, 4) is 0 Å². The summed E-state index contributed by atoms with van der Waals surface area (Å²) in [5, 5.41) is 0. The Morgan fingerprint density at radius 3 is 2.33 bits per heavy atom. The number of rotatable bonds is 3. The van der Waals surface area contributed by atoms with E-state index in [0.29, 0.717) is 5.41 Å². The zero-order valence-corrected chi connectivity index (χ0v) is 10.4. The summed E-state index contributed by atoms with van der Waals surface area (Å²) in [6, 6.07) is 0.102. The van der Waals surface area contributed by atoms with Crippen LogP contribution in [0.25, 0.3) is 0 Å². The monoisotopic (exact) mass is 207 g/mol. The summed E-state index contributed by atoms with van der Waals surface area (Å²) in [6.07, 6.45) is 13.9.